The van der Waals surface area contributed by atoms with Crippen LogP contribution in [-0.4, -0.2) is 24.9 Å². The number of nitrogens with zero attached hydrogens (tertiary/aromatic N) is 1. The van der Waals surface area contributed by atoms with Gasteiger partial charge < -0.3 is 9.88 Å². The molecule has 1 unspecified atom stereocenters. The van der Waals surface area contributed by atoms with E-state index in [0.717, 1.165) is 19.3 Å². The SMILES string of the molecule is Cn1cc(S(N)(=O)=O)cc1C(=O)NC1CCCC(C)(C)C1. The third kappa shape index (κ3) is 3.85. The highest BCUT2D eigenvalue weighted by Gasteiger charge is 2.29. The number of primary sulfonamides is 1. The molecule has 118 valence electrons. The smallest absolute Gasteiger partial charge is 0.268 e. The molecule has 3 N–H and O–H groups in total. The van der Waals surface area contributed by atoms with Crippen molar-refractivity contribution in [2.45, 2.75) is 50.5 Å². The molecule has 0 aliphatic heterocycles. The molecule has 1 atom stereocenters. The Kier molecular flexibility index (Phi) is 4.17. The molecule has 1 amide bonds. The molecular weight excluding hydrogens is 290 g/mol. The summed E-state index contributed by atoms with van der Waals surface area (Å²) in [5, 5.41) is 8.09. The van der Waals surface area contributed by atoms with E-state index in [1.807, 2.05) is 0 Å². The van der Waals surface area contributed by atoms with E-state index >= 15 is 0 Å². The number of rotatable bonds is 3. The van der Waals surface area contributed by atoms with E-state index in [4.69, 9.17) is 5.14 Å². The molecule has 1 fully saturated rings. The highest BCUT2D eigenvalue weighted by Crippen LogP contribution is 2.35. The van der Waals surface area contributed by atoms with E-state index in [0.29, 0.717) is 5.69 Å². The Balaban J connectivity index is 2.12. The number of hydrogen-bond acceptors (Lipinski definition) is 3. The molecule has 0 radical (unpaired) electrons. The average molecular weight is 313 g/mol. The first-order chi connectivity index (χ1) is 9.58. The topological polar surface area (TPSA) is 94.2 Å². The predicted octanol–water partition coefficient (Wildman–Crippen LogP) is 1.37. The second-order valence-electron chi connectivity index (χ2n) is 6.65. The van der Waals surface area contributed by atoms with Crippen molar-refractivity contribution in [1.82, 2.24) is 9.88 Å². The number of carbonyl (C=O) groups is 1. The van der Waals surface area contributed by atoms with Gasteiger partial charge in [0.05, 0.1) is 0 Å². The Bertz CT molecular complexity index is 646. The Morgan fingerprint density at radius 2 is 2.14 bits per heavy atom. The van der Waals surface area contributed by atoms with E-state index in [-0.39, 0.29) is 22.3 Å². The van der Waals surface area contributed by atoms with Gasteiger partial charge in [-0.15, -0.1) is 0 Å². The van der Waals surface area contributed by atoms with Crippen LogP contribution >= 0.6 is 0 Å². The van der Waals surface area contributed by atoms with Crippen molar-refractivity contribution >= 4 is 15.9 Å². The summed E-state index contributed by atoms with van der Waals surface area (Å²) < 4.78 is 24.1. The van der Waals surface area contributed by atoms with Gasteiger partial charge in [-0.3, -0.25) is 4.79 Å². The zero-order valence-electron chi connectivity index (χ0n) is 12.7. The van der Waals surface area contributed by atoms with Gasteiger partial charge in [0, 0.05) is 19.3 Å². The first-order valence-corrected chi connectivity index (χ1v) is 8.63. The molecule has 1 aliphatic rings. The van der Waals surface area contributed by atoms with Crippen molar-refractivity contribution in [3.05, 3.63) is 18.0 Å². The molecule has 1 aromatic rings. The van der Waals surface area contributed by atoms with Gasteiger partial charge in [-0.1, -0.05) is 20.3 Å². The van der Waals surface area contributed by atoms with Crippen LogP contribution in [0.5, 0.6) is 0 Å². The molecule has 1 aromatic heterocycles. The fraction of sp³-hybridized carbons (Fsp3) is 0.643. The summed E-state index contributed by atoms with van der Waals surface area (Å²) in [6, 6.07) is 1.45. The number of carbonyl (C=O) groups excluding carboxylic acids is 1. The minimum atomic E-state index is -3.79. The average Bonchev–Trinajstić information content (AvgIpc) is 2.69. The summed E-state index contributed by atoms with van der Waals surface area (Å²) >= 11 is 0. The van der Waals surface area contributed by atoms with Gasteiger partial charge in [0.1, 0.15) is 10.6 Å². The van der Waals surface area contributed by atoms with Crippen LogP contribution in [0.1, 0.15) is 50.0 Å². The van der Waals surface area contributed by atoms with Gasteiger partial charge in [0.15, 0.2) is 0 Å². The number of aromatic nitrogens is 1. The third-order valence-corrected chi connectivity index (χ3v) is 4.96. The normalized spacial score (nSPS) is 22.0. The van der Waals surface area contributed by atoms with Gasteiger partial charge in [0.25, 0.3) is 5.91 Å². The van der Waals surface area contributed by atoms with Gasteiger partial charge >= 0.3 is 0 Å². The number of sulfonamides is 1. The standard InChI is InChI=1S/C14H23N3O3S/c1-14(2)6-4-5-10(8-14)16-13(18)12-7-11(9-17(12)3)21(15,19)20/h7,9-10H,4-6,8H2,1-3H3,(H,16,18)(H2,15,19,20). The quantitative estimate of drug-likeness (QED) is 0.882. The lowest BCUT2D eigenvalue weighted by Gasteiger charge is -2.35. The van der Waals surface area contributed by atoms with Crippen LogP contribution in [0.25, 0.3) is 0 Å². The number of aryl methyl sites for hydroxylation is 1. The third-order valence-electron chi connectivity index (χ3n) is 4.08. The number of hydrogen-bond donors (Lipinski definition) is 2. The molecule has 2 rings (SSSR count). The van der Waals surface area contributed by atoms with E-state index in [1.165, 1.54) is 23.3 Å². The van der Waals surface area contributed by atoms with E-state index in [2.05, 4.69) is 19.2 Å². The van der Waals surface area contributed by atoms with Crippen LogP contribution in [0.15, 0.2) is 17.2 Å². The fourth-order valence-corrected chi connectivity index (χ4v) is 3.58. The highest BCUT2D eigenvalue weighted by atomic mass is 32.2. The van der Waals surface area contributed by atoms with Crippen LogP contribution in [0.2, 0.25) is 0 Å². The minimum absolute atomic E-state index is 0.0425. The van der Waals surface area contributed by atoms with Crippen LogP contribution < -0.4 is 10.5 Å². The van der Waals surface area contributed by atoms with Crippen molar-refractivity contribution in [3.63, 3.8) is 0 Å². The van der Waals surface area contributed by atoms with Gasteiger partial charge in [-0.05, 0) is 30.7 Å². The number of nitrogens with one attached hydrogen (secondary N) is 1. The predicted molar refractivity (Wildman–Crippen MR) is 80.3 cm³/mol. The summed E-state index contributed by atoms with van der Waals surface area (Å²) in [5.41, 5.74) is 0.540. The molecule has 0 aromatic carbocycles. The molecular formula is C14H23N3O3S. The van der Waals surface area contributed by atoms with E-state index in [1.54, 1.807) is 7.05 Å². The van der Waals surface area contributed by atoms with Crippen LogP contribution in [-0.2, 0) is 17.1 Å². The molecule has 1 saturated carbocycles. The molecule has 0 saturated heterocycles. The van der Waals surface area contributed by atoms with Gasteiger partial charge in [0.2, 0.25) is 10.0 Å². The summed E-state index contributed by atoms with van der Waals surface area (Å²) in [6.45, 7) is 4.40. The molecule has 21 heavy (non-hydrogen) atoms. The summed E-state index contributed by atoms with van der Waals surface area (Å²) in [7, 11) is -2.16. The van der Waals surface area contributed by atoms with Crippen LogP contribution in [0.3, 0.4) is 0 Å². The van der Waals surface area contributed by atoms with E-state index < -0.39 is 10.0 Å². The van der Waals surface area contributed by atoms with Gasteiger partial charge in [-0.2, -0.15) is 0 Å². The minimum Gasteiger partial charge on any atom is -0.348 e. The van der Waals surface area contributed by atoms with E-state index in [9.17, 15) is 13.2 Å². The summed E-state index contributed by atoms with van der Waals surface area (Å²) in [5.74, 6) is -0.255. The summed E-state index contributed by atoms with van der Waals surface area (Å²) in [4.78, 5) is 12.3. The lowest BCUT2D eigenvalue weighted by Crippen LogP contribution is -2.41. The maximum absolute atomic E-state index is 12.3. The van der Waals surface area contributed by atoms with Gasteiger partial charge in [-0.25, -0.2) is 13.6 Å². The fourth-order valence-electron chi connectivity index (χ4n) is 3.00. The van der Waals surface area contributed by atoms with Crippen LogP contribution in [0, 0.1) is 5.41 Å². The lowest BCUT2D eigenvalue weighted by molar-refractivity contribution is 0.0894. The highest BCUT2D eigenvalue weighted by molar-refractivity contribution is 7.89. The van der Waals surface area contributed by atoms with Crippen molar-refractivity contribution in [2.75, 3.05) is 0 Å². The Morgan fingerprint density at radius 1 is 1.48 bits per heavy atom. The number of amides is 1. The molecule has 1 aliphatic carbocycles. The zero-order chi connectivity index (χ0) is 15.8. The second-order valence-corrected chi connectivity index (χ2v) is 8.21. The maximum atomic E-state index is 12.3. The summed E-state index contributed by atoms with van der Waals surface area (Å²) in [6.07, 6.45) is 5.51. The first-order valence-electron chi connectivity index (χ1n) is 7.08. The van der Waals surface area contributed by atoms with Crippen LogP contribution in [0.4, 0.5) is 0 Å². The van der Waals surface area contributed by atoms with Crippen molar-refractivity contribution < 1.29 is 13.2 Å². The maximum Gasteiger partial charge on any atom is 0.268 e. The first kappa shape index (κ1) is 16.0. The van der Waals surface area contributed by atoms with Crippen molar-refractivity contribution in [3.8, 4) is 0 Å². The molecule has 6 nitrogen and oxygen atoms in total. The second kappa shape index (κ2) is 5.46. The lowest BCUT2D eigenvalue weighted by atomic mass is 9.75. The molecule has 7 heteroatoms. The van der Waals surface area contributed by atoms with Crippen molar-refractivity contribution in [2.24, 2.45) is 17.6 Å². The largest absolute Gasteiger partial charge is 0.348 e. The Hall–Kier alpha value is -1.34. The molecule has 0 spiro atoms. The van der Waals surface area contributed by atoms with Crippen molar-refractivity contribution in [1.29, 1.82) is 0 Å². The molecule has 1 heterocycles. The Morgan fingerprint density at radius 3 is 2.67 bits per heavy atom. The number of nitrogens with two attached hydrogens (primary N) is 1. The Labute approximate surface area is 125 Å². The monoisotopic (exact) mass is 313 g/mol. The zero-order valence-corrected chi connectivity index (χ0v) is 13.5. The molecule has 0 bridgehead atoms.